The van der Waals surface area contributed by atoms with Crippen molar-refractivity contribution in [1.82, 2.24) is 0 Å². The molecule has 0 radical (unpaired) electrons. The number of ether oxygens (including phenoxy) is 1. The number of benzene rings is 1. The first-order valence-electron chi connectivity index (χ1n) is 5.12. The van der Waals surface area contributed by atoms with Crippen molar-refractivity contribution < 1.29 is 9.66 Å². The molecule has 0 bridgehead atoms. The minimum absolute atomic E-state index is 0.154. The Morgan fingerprint density at radius 3 is 2.50 bits per heavy atom. The van der Waals surface area contributed by atoms with Gasteiger partial charge in [-0.3, -0.25) is 14.9 Å². The Hall–Kier alpha value is -1.07. The first-order chi connectivity index (χ1) is 7.56. The average Bonchev–Trinajstić information content (AvgIpc) is 2.95. The Labute approximate surface area is 98.1 Å². The van der Waals surface area contributed by atoms with Crippen molar-refractivity contribution in [2.75, 3.05) is 0 Å². The summed E-state index contributed by atoms with van der Waals surface area (Å²) in [5.74, 6) is 0.154. The van der Waals surface area contributed by atoms with Crippen LogP contribution in [0.25, 0.3) is 0 Å². The van der Waals surface area contributed by atoms with Crippen molar-refractivity contribution in [2.24, 2.45) is 5.92 Å². The van der Waals surface area contributed by atoms with E-state index in [4.69, 9.17) is 4.74 Å². The predicted octanol–water partition coefficient (Wildman–Crippen LogP) is 2.76. The quantitative estimate of drug-likeness (QED) is 0.351. The monoisotopic (exact) mass is 239 g/mol. The first kappa shape index (κ1) is 11.4. The van der Waals surface area contributed by atoms with Crippen molar-refractivity contribution in [3.05, 3.63) is 40.4 Å². The van der Waals surface area contributed by atoms with Gasteiger partial charge in [-0.05, 0) is 29.8 Å². The number of rotatable bonds is 4. The molecule has 1 aromatic carbocycles. The van der Waals surface area contributed by atoms with E-state index in [1.165, 1.54) is 11.8 Å². The third kappa shape index (κ3) is 1.92. The maximum Gasteiger partial charge on any atom is 0.405 e. The molecule has 0 saturated carbocycles. The molecule has 0 amide bonds. The van der Waals surface area contributed by atoms with Crippen LogP contribution in [-0.4, -0.2) is 16.1 Å². The van der Waals surface area contributed by atoms with E-state index in [1.807, 2.05) is 44.2 Å². The fourth-order valence-corrected chi connectivity index (χ4v) is 2.87. The van der Waals surface area contributed by atoms with Crippen LogP contribution in [0, 0.1) is 16.0 Å². The molecule has 86 valence electrons. The molecule has 2 unspecified atom stereocenters. The van der Waals surface area contributed by atoms with Gasteiger partial charge in [-0.25, -0.2) is 0 Å². The van der Waals surface area contributed by atoms with Gasteiger partial charge in [-0.15, -0.1) is 0 Å². The van der Waals surface area contributed by atoms with Crippen LogP contribution in [0.1, 0.15) is 13.8 Å². The van der Waals surface area contributed by atoms with Crippen molar-refractivity contribution in [3.8, 4) is 0 Å². The zero-order valence-electron chi connectivity index (χ0n) is 9.12. The molecule has 1 saturated heterocycles. The SMILES string of the molecule is CC(C)C1OC1(Sc1ccccc1)[N+](=O)[O-]. The highest BCUT2D eigenvalue weighted by Crippen LogP contribution is 2.53. The molecule has 5 heteroatoms. The second-order valence-corrected chi connectivity index (χ2v) is 5.35. The molecule has 0 aromatic heterocycles. The van der Waals surface area contributed by atoms with E-state index in [1.54, 1.807) is 0 Å². The lowest BCUT2D eigenvalue weighted by Gasteiger charge is -2.05. The van der Waals surface area contributed by atoms with E-state index in [9.17, 15) is 10.1 Å². The summed E-state index contributed by atoms with van der Waals surface area (Å²) in [7, 11) is 0. The van der Waals surface area contributed by atoms with Gasteiger partial charge < -0.3 is 0 Å². The summed E-state index contributed by atoms with van der Waals surface area (Å²) in [6.45, 7) is 3.86. The van der Waals surface area contributed by atoms with Gasteiger partial charge in [-0.2, -0.15) is 0 Å². The lowest BCUT2D eigenvalue weighted by molar-refractivity contribution is -0.532. The molecule has 1 aliphatic heterocycles. The van der Waals surface area contributed by atoms with Crippen LogP contribution in [0.3, 0.4) is 0 Å². The number of hydrogen-bond donors (Lipinski definition) is 0. The third-order valence-electron chi connectivity index (χ3n) is 2.47. The second kappa shape index (κ2) is 4.07. The Morgan fingerprint density at radius 2 is 2.06 bits per heavy atom. The summed E-state index contributed by atoms with van der Waals surface area (Å²) in [5, 5.41) is 9.79. The Morgan fingerprint density at radius 1 is 1.44 bits per heavy atom. The molecule has 0 spiro atoms. The Kier molecular flexibility index (Phi) is 2.90. The highest BCUT2D eigenvalue weighted by molar-refractivity contribution is 8.00. The van der Waals surface area contributed by atoms with Gasteiger partial charge in [0.15, 0.2) is 6.10 Å². The minimum Gasteiger partial charge on any atom is -0.288 e. The smallest absolute Gasteiger partial charge is 0.288 e. The number of thioether (sulfide) groups is 1. The molecule has 4 nitrogen and oxygen atoms in total. The Balaban J connectivity index is 2.16. The van der Waals surface area contributed by atoms with Crippen molar-refractivity contribution in [2.45, 2.75) is 29.9 Å². The van der Waals surface area contributed by atoms with E-state index >= 15 is 0 Å². The highest BCUT2D eigenvalue weighted by atomic mass is 32.2. The summed E-state index contributed by atoms with van der Waals surface area (Å²) in [5.41, 5.74) is 0. The topological polar surface area (TPSA) is 55.7 Å². The Bertz CT molecular complexity index is 395. The van der Waals surface area contributed by atoms with Gasteiger partial charge >= 0.3 is 5.06 Å². The molecule has 1 fully saturated rings. The molecule has 2 atom stereocenters. The van der Waals surface area contributed by atoms with Gasteiger partial charge in [0, 0.05) is 4.90 Å². The summed E-state index contributed by atoms with van der Waals surface area (Å²) in [6.07, 6.45) is -0.298. The van der Waals surface area contributed by atoms with Crippen molar-refractivity contribution >= 4 is 11.8 Å². The van der Waals surface area contributed by atoms with Crippen LogP contribution in [0.5, 0.6) is 0 Å². The van der Waals surface area contributed by atoms with Gasteiger partial charge in [0.1, 0.15) is 0 Å². The lowest BCUT2D eigenvalue weighted by atomic mass is 10.1. The zero-order chi connectivity index (χ0) is 11.8. The normalized spacial score (nSPS) is 28.1. The van der Waals surface area contributed by atoms with Crippen LogP contribution in [0.4, 0.5) is 0 Å². The van der Waals surface area contributed by atoms with Gasteiger partial charge in [0.25, 0.3) is 0 Å². The molecular weight excluding hydrogens is 226 g/mol. The molecule has 1 aromatic rings. The second-order valence-electron chi connectivity index (χ2n) is 4.09. The highest BCUT2D eigenvalue weighted by Gasteiger charge is 2.71. The van der Waals surface area contributed by atoms with E-state index in [0.29, 0.717) is 0 Å². The average molecular weight is 239 g/mol. The molecule has 2 rings (SSSR count). The number of hydrogen-bond acceptors (Lipinski definition) is 4. The van der Waals surface area contributed by atoms with Crippen LogP contribution >= 0.6 is 11.8 Å². The molecule has 0 N–H and O–H groups in total. The molecule has 1 heterocycles. The van der Waals surface area contributed by atoms with Crippen LogP contribution in [0.15, 0.2) is 35.2 Å². The fourth-order valence-electron chi connectivity index (χ4n) is 1.63. The van der Waals surface area contributed by atoms with E-state index < -0.39 is 5.06 Å². The summed E-state index contributed by atoms with van der Waals surface area (Å²) in [4.78, 5) is 11.6. The number of epoxide rings is 1. The van der Waals surface area contributed by atoms with Crippen LogP contribution in [0.2, 0.25) is 0 Å². The fraction of sp³-hybridized carbons (Fsp3) is 0.455. The predicted molar refractivity (Wildman–Crippen MR) is 61.7 cm³/mol. The maximum absolute atomic E-state index is 11.1. The molecule has 1 aliphatic rings. The van der Waals surface area contributed by atoms with Crippen molar-refractivity contribution in [3.63, 3.8) is 0 Å². The minimum atomic E-state index is -1.27. The summed E-state index contributed by atoms with van der Waals surface area (Å²) in [6, 6.07) is 9.33. The summed E-state index contributed by atoms with van der Waals surface area (Å²) < 4.78 is 5.30. The first-order valence-corrected chi connectivity index (χ1v) is 5.94. The molecule has 0 aliphatic carbocycles. The van der Waals surface area contributed by atoms with Crippen molar-refractivity contribution in [1.29, 1.82) is 0 Å². The van der Waals surface area contributed by atoms with Gasteiger partial charge in [0.05, 0.1) is 4.92 Å². The van der Waals surface area contributed by atoms with E-state index in [0.717, 1.165) is 4.90 Å². The number of nitrogens with zero attached hydrogens (tertiary/aromatic N) is 1. The number of nitro groups is 1. The zero-order valence-corrected chi connectivity index (χ0v) is 9.94. The van der Waals surface area contributed by atoms with Gasteiger partial charge in [-0.1, -0.05) is 32.0 Å². The van der Waals surface area contributed by atoms with Gasteiger partial charge in [0.2, 0.25) is 0 Å². The largest absolute Gasteiger partial charge is 0.405 e. The van der Waals surface area contributed by atoms with E-state index in [-0.39, 0.29) is 16.9 Å². The summed E-state index contributed by atoms with van der Waals surface area (Å²) >= 11 is 1.18. The van der Waals surface area contributed by atoms with Crippen LogP contribution in [-0.2, 0) is 4.74 Å². The third-order valence-corrected chi connectivity index (χ3v) is 3.74. The van der Waals surface area contributed by atoms with Crippen LogP contribution < -0.4 is 0 Å². The maximum atomic E-state index is 11.1. The lowest BCUT2D eigenvalue weighted by Crippen LogP contribution is -2.24. The molecular formula is C11H13NO3S. The molecule has 16 heavy (non-hydrogen) atoms. The van der Waals surface area contributed by atoms with E-state index in [2.05, 4.69) is 0 Å². The standard InChI is InChI=1S/C11H13NO3S/c1-8(2)10-11(15-10,12(13)14)16-9-6-4-3-5-7-9/h3-8,10H,1-2H3.